The number of nitrogens with zero attached hydrogens (tertiary/aromatic N) is 1. The Morgan fingerprint density at radius 1 is 1.04 bits per heavy atom. The Hall–Kier alpha value is -3.15. The Morgan fingerprint density at radius 2 is 1.72 bits per heavy atom. The number of benzene rings is 2. The molecule has 2 rings (SSSR count). The van der Waals surface area contributed by atoms with Crippen LogP contribution < -0.4 is 15.5 Å². The number of carbonyl (C=O) groups excluding carboxylic acids is 2. The number of hydrogen-bond acceptors (Lipinski definition) is 4. The molecule has 0 spiro atoms. The van der Waals surface area contributed by atoms with Gasteiger partial charge in [-0.15, -0.1) is 0 Å². The maximum absolute atomic E-state index is 11.6. The predicted molar refractivity (Wildman–Crippen MR) is 96.2 cm³/mol. The van der Waals surface area contributed by atoms with Crippen LogP contribution in [0.3, 0.4) is 0 Å². The number of carbonyl (C=O) groups is 2. The maximum Gasteiger partial charge on any atom is 0.329 e. The van der Waals surface area contributed by atoms with E-state index in [1.165, 1.54) is 6.21 Å². The van der Waals surface area contributed by atoms with Crippen molar-refractivity contribution in [2.75, 3.05) is 0 Å². The average molecular weight is 339 g/mol. The minimum absolute atomic E-state index is 0.116. The topological polar surface area (TPSA) is 79.8 Å². The molecule has 0 heterocycles. The summed E-state index contributed by atoms with van der Waals surface area (Å²) in [5, 5.41) is 6.31. The van der Waals surface area contributed by atoms with Gasteiger partial charge in [0.2, 0.25) is 0 Å². The van der Waals surface area contributed by atoms with E-state index in [-0.39, 0.29) is 6.04 Å². The van der Waals surface area contributed by atoms with Crippen LogP contribution in [0.25, 0.3) is 0 Å². The van der Waals surface area contributed by atoms with Crippen molar-refractivity contribution >= 4 is 18.0 Å². The van der Waals surface area contributed by atoms with Crippen LogP contribution in [0.2, 0.25) is 0 Å². The molecule has 2 aromatic carbocycles. The molecule has 0 radical (unpaired) electrons. The molecule has 25 heavy (non-hydrogen) atoms. The van der Waals surface area contributed by atoms with Gasteiger partial charge in [-0.3, -0.25) is 9.59 Å². The van der Waals surface area contributed by atoms with Gasteiger partial charge in [-0.1, -0.05) is 42.5 Å². The summed E-state index contributed by atoms with van der Waals surface area (Å²) < 4.78 is 5.80. The summed E-state index contributed by atoms with van der Waals surface area (Å²) in [5.41, 5.74) is 3.95. The predicted octanol–water partition coefficient (Wildman–Crippen LogP) is 2.24. The Bertz CT molecular complexity index is 743. The lowest BCUT2D eigenvalue weighted by Crippen LogP contribution is -2.41. The van der Waals surface area contributed by atoms with E-state index in [1.54, 1.807) is 13.8 Å². The molecular weight excluding hydrogens is 318 g/mol. The van der Waals surface area contributed by atoms with Crippen LogP contribution in [0.4, 0.5) is 0 Å². The number of ether oxygens (including phenoxy) is 1. The van der Waals surface area contributed by atoms with Crippen LogP contribution in [0.15, 0.2) is 59.7 Å². The van der Waals surface area contributed by atoms with Crippen LogP contribution in [-0.4, -0.2) is 24.1 Å². The quantitative estimate of drug-likeness (QED) is 0.481. The highest BCUT2D eigenvalue weighted by molar-refractivity contribution is 6.35. The third-order valence-corrected chi connectivity index (χ3v) is 3.15. The van der Waals surface area contributed by atoms with E-state index >= 15 is 0 Å². The minimum Gasteiger partial charge on any atom is -0.488 e. The Balaban J connectivity index is 1.95. The van der Waals surface area contributed by atoms with Gasteiger partial charge in [0.25, 0.3) is 0 Å². The third-order valence-electron chi connectivity index (χ3n) is 3.15. The van der Waals surface area contributed by atoms with E-state index < -0.39 is 11.8 Å². The van der Waals surface area contributed by atoms with Crippen LogP contribution in [-0.2, 0) is 16.2 Å². The van der Waals surface area contributed by atoms with Crippen molar-refractivity contribution in [1.82, 2.24) is 10.7 Å². The highest BCUT2D eigenvalue weighted by Crippen LogP contribution is 2.17. The fourth-order valence-corrected chi connectivity index (χ4v) is 1.99. The molecule has 0 aliphatic heterocycles. The summed E-state index contributed by atoms with van der Waals surface area (Å²) in [5.74, 6) is -0.899. The lowest BCUT2D eigenvalue weighted by molar-refractivity contribution is -0.139. The van der Waals surface area contributed by atoms with Gasteiger partial charge in [0, 0.05) is 11.6 Å². The molecule has 2 aromatic rings. The van der Waals surface area contributed by atoms with Crippen molar-refractivity contribution in [2.24, 2.45) is 5.10 Å². The van der Waals surface area contributed by atoms with Crippen LogP contribution in [0, 0.1) is 0 Å². The lowest BCUT2D eigenvalue weighted by atomic mass is 10.2. The molecule has 0 bridgehead atoms. The molecule has 0 fully saturated rings. The third kappa shape index (κ3) is 6.10. The van der Waals surface area contributed by atoms with Crippen molar-refractivity contribution in [3.8, 4) is 5.75 Å². The second kappa shape index (κ2) is 9.22. The SMILES string of the molecule is CC(C)NC(=O)C(=O)N/N=C\c1ccccc1OCc1ccccc1. The second-order valence-corrected chi connectivity index (χ2v) is 5.64. The van der Waals surface area contributed by atoms with E-state index in [4.69, 9.17) is 4.74 Å². The first-order chi connectivity index (χ1) is 12.1. The molecule has 0 aliphatic rings. The Morgan fingerprint density at radius 3 is 2.44 bits per heavy atom. The summed E-state index contributed by atoms with van der Waals surface area (Å²) in [4.78, 5) is 23.1. The standard InChI is InChI=1S/C19H21N3O3/c1-14(2)21-18(23)19(24)22-20-12-16-10-6-7-11-17(16)25-13-15-8-4-3-5-9-15/h3-12,14H,13H2,1-2H3,(H,21,23)(H,22,24)/b20-12-. The lowest BCUT2D eigenvalue weighted by Gasteiger charge is -2.09. The van der Waals surface area contributed by atoms with E-state index in [9.17, 15) is 9.59 Å². The zero-order chi connectivity index (χ0) is 18.1. The highest BCUT2D eigenvalue weighted by Gasteiger charge is 2.13. The summed E-state index contributed by atoms with van der Waals surface area (Å²) >= 11 is 0. The van der Waals surface area contributed by atoms with Crippen LogP contribution in [0.1, 0.15) is 25.0 Å². The molecular formula is C19H21N3O3. The molecule has 130 valence electrons. The number of rotatable bonds is 6. The maximum atomic E-state index is 11.6. The zero-order valence-corrected chi connectivity index (χ0v) is 14.2. The highest BCUT2D eigenvalue weighted by atomic mass is 16.5. The van der Waals surface area contributed by atoms with Crippen LogP contribution in [0.5, 0.6) is 5.75 Å². The number of para-hydroxylation sites is 1. The van der Waals surface area contributed by atoms with Crippen molar-refractivity contribution in [2.45, 2.75) is 26.5 Å². The average Bonchev–Trinajstić information content (AvgIpc) is 2.61. The number of nitrogens with one attached hydrogen (secondary N) is 2. The second-order valence-electron chi connectivity index (χ2n) is 5.64. The van der Waals surface area contributed by atoms with E-state index in [0.29, 0.717) is 17.9 Å². The Labute approximate surface area is 146 Å². The molecule has 0 saturated carbocycles. The van der Waals surface area contributed by atoms with Gasteiger partial charge in [-0.05, 0) is 31.5 Å². The van der Waals surface area contributed by atoms with E-state index in [2.05, 4.69) is 15.8 Å². The summed E-state index contributed by atoms with van der Waals surface area (Å²) in [7, 11) is 0. The monoisotopic (exact) mass is 339 g/mol. The molecule has 2 N–H and O–H groups in total. The molecule has 2 amide bonds. The van der Waals surface area contributed by atoms with Gasteiger partial charge in [0.1, 0.15) is 12.4 Å². The molecule has 6 heteroatoms. The van der Waals surface area contributed by atoms with E-state index in [1.807, 2.05) is 54.6 Å². The number of amides is 2. The first kappa shape index (κ1) is 18.2. The largest absolute Gasteiger partial charge is 0.488 e. The van der Waals surface area contributed by atoms with Crippen LogP contribution >= 0.6 is 0 Å². The number of hydrogen-bond donors (Lipinski definition) is 2. The first-order valence-corrected chi connectivity index (χ1v) is 7.96. The summed E-state index contributed by atoms with van der Waals surface area (Å²) in [6, 6.07) is 17.0. The zero-order valence-electron chi connectivity index (χ0n) is 14.2. The smallest absolute Gasteiger partial charge is 0.329 e. The molecule has 0 unspecified atom stereocenters. The fraction of sp³-hybridized carbons (Fsp3) is 0.211. The molecule has 0 aromatic heterocycles. The van der Waals surface area contributed by atoms with Gasteiger partial charge < -0.3 is 10.1 Å². The molecule has 0 aliphatic carbocycles. The van der Waals surface area contributed by atoms with Crippen molar-refractivity contribution in [3.63, 3.8) is 0 Å². The normalized spacial score (nSPS) is 10.7. The van der Waals surface area contributed by atoms with Gasteiger partial charge in [0.15, 0.2) is 0 Å². The van der Waals surface area contributed by atoms with E-state index in [0.717, 1.165) is 5.56 Å². The van der Waals surface area contributed by atoms with Crippen molar-refractivity contribution in [3.05, 3.63) is 65.7 Å². The van der Waals surface area contributed by atoms with Gasteiger partial charge in [0.05, 0.1) is 6.21 Å². The van der Waals surface area contributed by atoms with Crippen molar-refractivity contribution < 1.29 is 14.3 Å². The van der Waals surface area contributed by atoms with Gasteiger partial charge in [-0.2, -0.15) is 5.10 Å². The fourth-order valence-electron chi connectivity index (χ4n) is 1.99. The first-order valence-electron chi connectivity index (χ1n) is 7.96. The molecule has 0 atom stereocenters. The molecule has 6 nitrogen and oxygen atoms in total. The molecule has 0 saturated heterocycles. The summed E-state index contributed by atoms with van der Waals surface area (Å²) in [6.07, 6.45) is 1.45. The van der Waals surface area contributed by atoms with Gasteiger partial charge >= 0.3 is 11.8 Å². The Kier molecular flexibility index (Phi) is 6.71. The summed E-state index contributed by atoms with van der Waals surface area (Å²) in [6.45, 7) is 3.97. The van der Waals surface area contributed by atoms with Crippen molar-refractivity contribution in [1.29, 1.82) is 0 Å². The minimum atomic E-state index is -0.812. The van der Waals surface area contributed by atoms with Gasteiger partial charge in [-0.25, -0.2) is 5.43 Å². The number of hydrazone groups is 1.